The minimum atomic E-state index is -6.03. The number of alkyl halides is 3. The van der Waals surface area contributed by atoms with Gasteiger partial charge in [-0.2, -0.15) is 21.6 Å². The van der Waals surface area contributed by atoms with Crippen LogP contribution in [-0.4, -0.2) is 54.0 Å². The third-order valence-electron chi connectivity index (χ3n) is 5.85. The van der Waals surface area contributed by atoms with Crippen LogP contribution in [0.25, 0.3) is 10.9 Å². The van der Waals surface area contributed by atoms with Crippen LogP contribution in [0, 0.1) is 6.92 Å². The van der Waals surface area contributed by atoms with E-state index in [1.165, 1.54) is 27.0 Å². The van der Waals surface area contributed by atoms with Gasteiger partial charge in [-0.15, -0.1) is 0 Å². The molecule has 3 heterocycles. The molecule has 2 aromatic rings. The Morgan fingerprint density at radius 3 is 2.38 bits per heavy atom. The van der Waals surface area contributed by atoms with Gasteiger partial charge in [-0.3, -0.25) is 9.59 Å². The molecule has 0 atom stereocenters. The van der Waals surface area contributed by atoms with E-state index in [9.17, 15) is 31.2 Å². The molecule has 1 saturated heterocycles. The van der Waals surface area contributed by atoms with Crippen LogP contribution in [0.3, 0.4) is 0 Å². The summed E-state index contributed by atoms with van der Waals surface area (Å²) in [7, 11) is -4.77. The number of carbonyl (C=O) groups is 1. The zero-order valence-corrected chi connectivity index (χ0v) is 20.4. The van der Waals surface area contributed by atoms with Crippen molar-refractivity contribution < 1.29 is 35.3 Å². The summed E-state index contributed by atoms with van der Waals surface area (Å²) in [6.07, 6.45) is 0.591. The number of aromatic nitrogens is 2. The monoisotopic (exact) mass is 525 g/mol. The first kappa shape index (κ1) is 26.2. The summed E-state index contributed by atoms with van der Waals surface area (Å²) in [6, 6.07) is 1.35. The van der Waals surface area contributed by atoms with Gasteiger partial charge in [-0.25, -0.2) is 4.98 Å². The van der Waals surface area contributed by atoms with E-state index >= 15 is 0 Å². The number of ether oxygens (including phenoxy) is 1. The molecule has 14 heteroatoms. The van der Waals surface area contributed by atoms with E-state index in [0.717, 1.165) is 4.57 Å². The van der Waals surface area contributed by atoms with Crippen LogP contribution in [0.15, 0.2) is 10.9 Å². The second-order valence-electron chi connectivity index (χ2n) is 7.92. The van der Waals surface area contributed by atoms with Crippen LogP contribution in [0.5, 0.6) is 5.75 Å². The Balaban J connectivity index is 2.26. The third-order valence-corrected chi connectivity index (χ3v) is 7.09. The van der Waals surface area contributed by atoms with E-state index in [0.29, 0.717) is 25.9 Å². The lowest BCUT2D eigenvalue weighted by Gasteiger charge is -2.41. The van der Waals surface area contributed by atoms with Gasteiger partial charge in [0.25, 0.3) is 5.56 Å². The van der Waals surface area contributed by atoms with Crippen molar-refractivity contribution in [3.8, 4) is 5.75 Å². The Labute approximate surface area is 198 Å². The second-order valence-corrected chi connectivity index (χ2v) is 9.81. The second kappa shape index (κ2) is 9.00. The van der Waals surface area contributed by atoms with Gasteiger partial charge in [0.2, 0.25) is 5.91 Å². The van der Waals surface area contributed by atoms with Gasteiger partial charge >= 0.3 is 15.6 Å². The largest absolute Gasteiger partial charge is 0.534 e. The Bertz CT molecular complexity index is 1300. The normalized spacial score (nSPS) is 16.6. The molecule has 9 nitrogen and oxygen atoms in total. The predicted molar refractivity (Wildman–Crippen MR) is 117 cm³/mol. The van der Waals surface area contributed by atoms with E-state index in [1.54, 1.807) is 11.8 Å². The van der Waals surface area contributed by atoms with Crippen LogP contribution in [0.1, 0.15) is 37.9 Å². The maximum Gasteiger partial charge on any atom is 0.534 e. The van der Waals surface area contributed by atoms with Crippen LogP contribution < -0.4 is 9.74 Å². The number of halogens is 4. The molecule has 1 amide bonds. The van der Waals surface area contributed by atoms with Crippen molar-refractivity contribution in [2.45, 2.75) is 44.7 Å². The first-order valence-corrected chi connectivity index (χ1v) is 12.0. The highest BCUT2D eigenvalue weighted by atomic mass is 35.5. The quantitative estimate of drug-likeness (QED) is 0.335. The van der Waals surface area contributed by atoms with Gasteiger partial charge < -0.3 is 18.4 Å². The summed E-state index contributed by atoms with van der Waals surface area (Å²) in [4.78, 5) is 30.7. The molecule has 1 aliphatic rings. The number of rotatable bonds is 5. The Morgan fingerprint density at radius 2 is 1.88 bits per heavy atom. The van der Waals surface area contributed by atoms with Crippen molar-refractivity contribution in [3.05, 3.63) is 32.8 Å². The number of fused-ring (bicyclic) bond motifs is 1. The summed E-state index contributed by atoms with van der Waals surface area (Å²) in [5.41, 5.74) is -7.74. The number of carbonyl (C=O) groups excluding carboxylic acids is 1. The van der Waals surface area contributed by atoms with Crippen LogP contribution >= 0.6 is 11.6 Å². The fourth-order valence-electron chi connectivity index (χ4n) is 4.13. The highest BCUT2D eigenvalue weighted by Crippen LogP contribution is 2.40. The zero-order valence-electron chi connectivity index (χ0n) is 18.8. The number of likely N-dealkylation sites (tertiary alicyclic amines) is 1. The lowest BCUT2D eigenvalue weighted by molar-refractivity contribution is -0.136. The molecule has 3 rings (SSSR count). The van der Waals surface area contributed by atoms with Gasteiger partial charge in [0.1, 0.15) is 16.3 Å². The number of amides is 1. The van der Waals surface area contributed by atoms with Crippen LogP contribution in [0.4, 0.5) is 13.2 Å². The fraction of sp³-hybridized carbons (Fsp3) is 0.550. The minimum absolute atomic E-state index is 0.0183. The molecule has 1 fully saturated rings. The van der Waals surface area contributed by atoms with Gasteiger partial charge in [0.05, 0.1) is 11.3 Å². The smallest absolute Gasteiger partial charge is 0.372 e. The average Bonchev–Trinajstić information content (AvgIpc) is 2.72. The van der Waals surface area contributed by atoms with Crippen molar-refractivity contribution in [2.24, 2.45) is 7.05 Å². The molecule has 0 bridgehead atoms. The fourth-order valence-corrected chi connectivity index (χ4v) is 4.92. The van der Waals surface area contributed by atoms with E-state index in [1.807, 2.05) is 0 Å². The molecule has 188 valence electrons. The van der Waals surface area contributed by atoms with Crippen molar-refractivity contribution in [1.29, 1.82) is 0 Å². The molecule has 0 saturated carbocycles. The van der Waals surface area contributed by atoms with Gasteiger partial charge in [-0.05, 0) is 32.8 Å². The Hall–Kier alpha value is -2.38. The lowest BCUT2D eigenvalue weighted by Crippen LogP contribution is -2.48. The van der Waals surface area contributed by atoms with Gasteiger partial charge in [0.15, 0.2) is 5.75 Å². The number of hydrogen-bond acceptors (Lipinski definition) is 7. The number of pyridine rings is 2. The zero-order chi connectivity index (χ0) is 25.6. The standard InChI is InChI=1S/C20H23ClF3N3O6S/c1-5-32-19(6-8-27(9-7-19)12(3)28)14-10-13-15(26(4)18(14)29)16(11(2)25-17(13)21)33-34(30,31)20(22,23)24/h10H,5-9H2,1-4H3. The first-order chi connectivity index (χ1) is 15.6. The molecule has 0 N–H and O–H groups in total. The summed E-state index contributed by atoms with van der Waals surface area (Å²) in [6.45, 7) is 5.30. The van der Waals surface area contributed by atoms with Crippen molar-refractivity contribution in [2.75, 3.05) is 19.7 Å². The lowest BCUT2D eigenvalue weighted by atomic mass is 9.84. The van der Waals surface area contributed by atoms with Crippen molar-refractivity contribution in [3.63, 3.8) is 0 Å². The van der Waals surface area contributed by atoms with Crippen LogP contribution in [-0.2, 0) is 32.3 Å². The van der Waals surface area contributed by atoms with E-state index < -0.39 is 32.5 Å². The van der Waals surface area contributed by atoms with E-state index in [-0.39, 0.29) is 39.8 Å². The average molecular weight is 526 g/mol. The molecular formula is C20H23ClF3N3O6S. The van der Waals surface area contributed by atoms with Crippen LogP contribution in [0.2, 0.25) is 5.15 Å². The summed E-state index contributed by atoms with van der Waals surface area (Å²) >= 11 is 6.27. The summed E-state index contributed by atoms with van der Waals surface area (Å²) < 4.78 is 73.6. The predicted octanol–water partition coefficient (Wildman–Crippen LogP) is 3.00. The van der Waals surface area contributed by atoms with E-state index in [2.05, 4.69) is 9.17 Å². The third kappa shape index (κ3) is 4.48. The maximum absolute atomic E-state index is 13.4. The Morgan fingerprint density at radius 1 is 1.29 bits per heavy atom. The highest BCUT2D eigenvalue weighted by molar-refractivity contribution is 7.88. The number of nitrogens with zero attached hydrogens (tertiary/aromatic N) is 3. The molecule has 1 aliphatic heterocycles. The summed E-state index contributed by atoms with van der Waals surface area (Å²) in [5, 5.41) is -0.140. The first-order valence-electron chi connectivity index (χ1n) is 10.3. The molecule has 0 unspecified atom stereocenters. The van der Waals surface area contributed by atoms with Gasteiger partial charge in [-0.1, -0.05) is 11.6 Å². The topological polar surface area (TPSA) is 108 Å². The van der Waals surface area contributed by atoms with Gasteiger partial charge in [0, 0.05) is 39.1 Å². The Kier molecular flexibility index (Phi) is 6.95. The molecule has 0 aromatic carbocycles. The molecule has 0 aliphatic carbocycles. The molecule has 34 heavy (non-hydrogen) atoms. The van der Waals surface area contributed by atoms with Crippen molar-refractivity contribution in [1.82, 2.24) is 14.5 Å². The highest BCUT2D eigenvalue weighted by Gasteiger charge is 2.49. The van der Waals surface area contributed by atoms with Crippen molar-refractivity contribution >= 4 is 38.5 Å². The summed E-state index contributed by atoms with van der Waals surface area (Å²) in [5.74, 6) is -0.869. The molecule has 0 radical (unpaired) electrons. The number of aryl methyl sites for hydroxylation is 2. The van der Waals surface area contributed by atoms with E-state index in [4.69, 9.17) is 16.3 Å². The number of piperidine rings is 1. The molecular weight excluding hydrogens is 503 g/mol. The molecule has 2 aromatic heterocycles. The maximum atomic E-state index is 13.4. The number of hydrogen-bond donors (Lipinski definition) is 0. The SMILES string of the molecule is CCOC1(c2cc3c(Cl)nc(C)c(OS(=O)(=O)C(F)(F)F)c3n(C)c2=O)CCN(C(C)=O)CC1. The minimum Gasteiger partial charge on any atom is -0.372 e. The molecule has 0 spiro atoms.